The van der Waals surface area contributed by atoms with Gasteiger partial charge in [-0.2, -0.15) is 5.26 Å². The first-order valence-corrected chi connectivity index (χ1v) is 3.86. The van der Waals surface area contributed by atoms with E-state index in [9.17, 15) is 8.78 Å². The summed E-state index contributed by atoms with van der Waals surface area (Å²) in [7, 11) is 1.45. The molecule has 1 rings (SSSR count). The molecule has 0 spiro atoms. The minimum atomic E-state index is -2.45. The average Bonchev–Trinajstić information content (AvgIpc) is 2.17. The Labute approximate surface area is 79.8 Å². The summed E-state index contributed by atoms with van der Waals surface area (Å²) in [6.07, 6.45) is -1.09. The van der Waals surface area contributed by atoms with Gasteiger partial charge in [-0.05, 0) is 6.07 Å². The second kappa shape index (κ2) is 4.46. The van der Waals surface area contributed by atoms with E-state index in [-0.39, 0.29) is 11.6 Å². The van der Waals surface area contributed by atoms with Crippen LogP contribution in [0.5, 0.6) is 0 Å². The molecule has 0 unspecified atom stereocenters. The molecule has 0 amide bonds. The van der Waals surface area contributed by atoms with Gasteiger partial charge in [0.25, 0.3) is 6.43 Å². The van der Waals surface area contributed by atoms with E-state index >= 15 is 0 Å². The summed E-state index contributed by atoms with van der Waals surface area (Å²) < 4.78 is 24.0. The fraction of sp³-hybridized carbons (Fsp3) is 0.375. The molecule has 0 saturated carbocycles. The molecule has 6 heteroatoms. The molecule has 0 N–H and O–H groups in total. The molecule has 4 nitrogen and oxygen atoms in total. The highest BCUT2D eigenvalue weighted by molar-refractivity contribution is 5.32. The van der Waals surface area contributed by atoms with Gasteiger partial charge in [-0.3, -0.25) is 0 Å². The Hall–Kier alpha value is -1.77. The van der Waals surface area contributed by atoms with Gasteiger partial charge in [0.15, 0.2) is 0 Å². The fourth-order valence-electron chi connectivity index (χ4n) is 0.883. The van der Waals surface area contributed by atoms with E-state index in [4.69, 9.17) is 5.26 Å². The van der Waals surface area contributed by atoms with E-state index in [2.05, 4.69) is 9.97 Å². The first-order valence-electron chi connectivity index (χ1n) is 3.86. The number of anilines is 1. The molecular formula is C8H8F2N4. The maximum atomic E-state index is 12.0. The molecule has 1 aromatic rings. The average molecular weight is 198 g/mol. The van der Waals surface area contributed by atoms with Crippen LogP contribution in [0, 0.1) is 11.3 Å². The van der Waals surface area contributed by atoms with Crippen molar-refractivity contribution in [1.82, 2.24) is 9.97 Å². The molecule has 0 aliphatic carbocycles. The van der Waals surface area contributed by atoms with Gasteiger partial charge in [0, 0.05) is 13.2 Å². The monoisotopic (exact) mass is 198 g/mol. The van der Waals surface area contributed by atoms with Crippen LogP contribution in [0.3, 0.4) is 0 Å². The molecule has 0 atom stereocenters. The molecule has 0 aliphatic heterocycles. The molecular weight excluding hydrogens is 190 g/mol. The molecule has 0 fully saturated rings. The zero-order valence-corrected chi connectivity index (χ0v) is 7.48. The van der Waals surface area contributed by atoms with E-state index in [0.29, 0.717) is 0 Å². The molecule has 1 heterocycles. The Bertz CT molecular complexity index is 347. The van der Waals surface area contributed by atoms with Gasteiger partial charge in [0.2, 0.25) is 5.95 Å². The van der Waals surface area contributed by atoms with Crippen LogP contribution in [-0.4, -0.2) is 30.0 Å². The normalized spacial score (nSPS) is 9.93. The van der Waals surface area contributed by atoms with Crippen molar-refractivity contribution in [2.24, 2.45) is 0 Å². The van der Waals surface area contributed by atoms with Crippen molar-refractivity contribution in [1.29, 1.82) is 5.26 Å². The highest BCUT2D eigenvalue weighted by Crippen LogP contribution is 2.06. The highest BCUT2D eigenvalue weighted by atomic mass is 19.3. The molecule has 0 bridgehead atoms. The fourth-order valence-corrected chi connectivity index (χ4v) is 0.883. The summed E-state index contributed by atoms with van der Waals surface area (Å²) in [5.41, 5.74) is 0.163. The van der Waals surface area contributed by atoms with Crippen molar-refractivity contribution in [3.05, 3.63) is 18.0 Å². The minimum Gasteiger partial charge on any atom is -0.338 e. The van der Waals surface area contributed by atoms with Crippen molar-refractivity contribution < 1.29 is 8.78 Å². The number of alkyl halides is 2. The second-order valence-corrected chi connectivity index (χ2v) is 2.63. The van der Waals surface area contributed by atoms with Gasteiger partial charge in [-0.1, -0.05) is 0 Å². The first-order chi connectivity index (χ1) is 6.63. The third-order valence-electron chi connectivity index (χ3n) is 1.51. The van der Waals surface area contributed by atoms with Crippen LogP contribution in [0.4, 0.5) is 14.7 Å². The predicted molar refractivity (Wildman–Crippen MR) is 46.0 cm³/mol. The molecule has 14 heavy (non-hydrogen) atoms. The third kappa shape index (κ3) is 2.62. The second-order valence-electron chi connectivity index (χ2n) is 2.63. The van der Waals surface area contributed by atoms with Crippen LogP contribution in [0.2, 0.25) is 0 Å². The Kier molecular flexibility index (Phi) is 3.29. The molecule has 0 aromatic carbocycles. The standard InChI is InChI=1S/C8H8F2N4/c1-14(5-7(9)10)8-12-3-2-6(4-11)13-8/h2-3,7H,5H2,1H3. The van der Waals surface area contributed by atoms with Crippen molar-refractivity contribution in [3.8, 4) is 6.07 Å². The Morgan fingerprint density at radius 3 is 2.93 bits per heavy atom. The van der Waals surface area contributed by atoms with E-state index in [1.54, 1.807) is 0 Å². The van der Waals surface area contributed by atoms with Crippen LogP contribution in [0.1, 0.15) is 5.69 Å². The summed E-state index contributed by atoms with van der Waals surface area (Å²) in [6, 6.07) is 3.23. The number of halogens is 2. The van der Waals surface area contributed by atoms with Crippen LogP contribution >= 0.6 is 0 Å². The summed E-state index contributed by atoms with van der Waals surface area (Å²) in [5.74, 6) is 0.129. The van der Waals surface area contributed by atoms with Crippen LogP contribution in [-0.2, 0) is 0 Å². The molecule has 0 radical (unpaired) electrons. The quantitative estimate of drug-likeness (QED) is 0.728. The highest BCUT2D eigenvalue weighted by Gasteiger charge is 2.10. The maximum absolute atomic E-state index is 12.0. The van der Waals surface area contributed by atoms with Crippen LogP contribution in [0.25, 0.3) is 0 Å². The SMILES string of the molecule is CN(CC(F)F)c1nccc(C#N)n1. The summed E-state index contributed by atoms with van der Waals surface area (Å²) in [5, 5.41) is 8.52. The lowest BCUT2D eigenvalue weighted by molar-refractivity contribution is 0.156. The van der Waals surface area contributed by atoms with Crippen molar-refractivity contribution in [3.63, 3.8) is 0 Å². The van der Waals surface area contributed by atoms with E-state index in [1.165, 1.54) is 24.2 Å². The van der Waals surface area contributed by atoms with E-state index < -0.39 is 13.0 Å². The van der Waals surface area contributed by atoms with Crippen LogP contribution < -0.4 is 4.90 Å². The summed E-state index contributed by atoms with van der Waals surface area (Å²) >= 11 is 0. The van der Waals surface area contributed by atoms with Crippen molar-refractivity contribution in [2.45, 2.75) is 6.43 Å². The lowest BCUT2D eigenvalue weighted by Gasteiger charge is -2.15. The Morgan fingerprint density at radius 1 is 1.64 bits per heavy atom. The number of hydrogen-bond acceptors (Lipinski definition) is 4. The molecule has 1 aromatic heterocycles. The number of hydrogen-bond donors (Lipinski definition) is 0. The topological polar surface area (TPSA) is 52.8 Å². The van der Waals surface area contributed by atoms with Gasteiger partial charge >= 0.3 is 0 Å². The molecule has 74 valence electrons. The summed E-state index contributed by atoms with van der Waals surface area (Å²) in [4.78, 5) is 8.74. The Morgan fingerprint density at radius 2 is 2.36 bits per heavy atom. The smallest absolute Gasteiger partial charge is 0.255 e. The van der Waals surface area contributed by atoms with Gasteiger partial charge in [-0.25, -0.2) is 18.7 Å². The van der Waals surface area contributed by atoms with E-state index in [1.807, 2.05) is 6.07 Å². The van der Waals surface area contributed by atoms with E-state index in [0.717, 1.165) is 0 Å². The number of rotatable bonds is 3. The lowest BCUT2D eigenvalue weighted by Crippen LogP contribution is -2.25. The lowest BCUT2D eigenvalue weighted by atomic mass is 10.4. The first kappa shape index (κ1) is 10.3. The number of aromatic nitrogens is 2. The zero-order chi connectivity index (χ0) is 10.6. The Balaban J connectivity index is 2.80. The molecule has 0 saturated heterocycles. The van der Waals surface area contributed by atoms with Gasteiger partial charge in [-0.15, -0.1) is 0 Å². The van der Waals surface area contributed by atoms with Crippen LogP contribution in [0.15, 0.2) is 12.3 Å². The maximum Gasteiger partial charge on any atom is 0.255 e. The minimum absolute atomic E-state index is 0.129. The third-order valence-corrected chi connectivity index (χ3v) is 1.51. The number of nitriles is 1. The van der Waals surface area contributed by atoms with Gasteiger partial charge in [0.1, 0.15) is 11.8 Å². The van der Waals surface area contributed by atoms with Crippen molar-refractivity contribution in [2.75, 3.05) is 18.5 Å². The number of nitrogens with zero attached hydrogens (tertiary/aromatic N) is 4. The van der Waals surface area contributed by atoms with Crippen molar-refractivity contribution >= 4 is 5.95 Å². The zero-order valence-electron chi connectivity index (χ0n) is 7.48. The van der Waals surface area contributed by atoms with Gasteiger partial charge < -0.3 is 4.90 Å². The largest absolute Gasteiger partial charge is 0.338 e. The molecule has 0 aliphatic rings. The predicted octanol–water partition coefficient (Wildman–Crippen LogP) is 1.05. The summed E-state index contributed by atoms with van der Waals surface area (Å²) in [6.45, 7) is -0.450. The van der Waals surface area contributed by atoms with Gasteiger partial charge in [0.05, 0.1) is 6.54 Å².